The van der Waals surface area contributed by atoms with Crippen LogP contribution in [-0.4, -0.2) is 18.0 Å². The third-order valence-electron chi connectivity index (χ3n) is 2.09. The second-order valence-corrected chi connectivity index (χ2v) is 5.43. The summed E-state index contributed by atoms with van der Waals surface area (Å²) in [5.74, 6) is 0.458. The Morgan fingerprint density at radius 1 is 1.56 bits per heavy atom. The number of nitrogens with one attached hydrogen (secondary N) is 1. The third kappa shape index (κ3) is 3.01. The largest absolute Gasteiger partial charge is 0.496 e. The standard InChI is InChI=1S/C11H8BrClN2O2S/c1-17-7-3-9(18-5-7)11(16)15-6-2-8(12)10(13)14-4-6/h2-5H,1H3,(H,15,16). The first-order valence-corrected chi connectivity index (χ1v) is 6.90. The zero-order chi connectivity index (χ0) is 13.1. The molecule has 2 aromatic rings. The molecular formula is C11H8BrClN2O2S. The van der Waals surface area contributed by atoms with Gasteiger partial charge in [-0.1, -0.05) is 11.6 Å². The van der Waals surface area contributed by atoms with E-state index >= 15 is 0 Å². The molecule has 94 valence electrons. The lowest BCUT2D eigenvalue weighted by atomic mass is 10.4. The van der Waals surface area contributed by atoms with Crippen LogP contribution in [0.15, 0.2) is 28.2 Å². The van der Waals surface area contributed by atoms with Gasteiger partial charge in [0.2, 0.25) is 0 Å². The van der Waals surface area contributed by atoms with Crippen LogP contribution in [0, 0.1) is 0 Å². The van der Waals surface area contributed by atoms with Gasteiger partial charge in [0.15, 0.2) is 0 Å². The zero-order valence-electron chi connectivity index (χ0n) is 9.24. The second kappa shape index (κ2) is 5.69. The molecule has 7 heteroatoms. The van der Waals surface area contributed by atoms with E-state index in [1.165, 1.54) is 17.5 Å². The number of ether oxygens (including phenoxy) is 1. The molecule has 0 saturated carbocycles. The molecule has 0 aromatic carbocycles. The number of carbonyl (C=O) groups excluding carboxylic acids is 1. The fraction of sp³-hybridized carbons (Fsp3) is 0.0909. The van der Waals surface area contributed by atoms with Crippen LogP contribution in [0.2, 0.25) is 5.15 Å². The van der Waals surface area contributed by atoms with Gasteiger partial charge in [0.1, 0.15) is 10.9 Å². The number of hydrogen-bond acceptors (Lipinski definition) is 4. The summed E-state index contributed by atoms with van der Waals surface area (Å²) in [5.41, 5.74) is 0.573. The van der Waals surface area contributed by atoms with Crippen molar-refractivity contribution in [3.63, 3.8) is 0 Å². The monoisotopic (exact) mass is 346 g/mol. The molecule has 0 bridgehead atoms. The minimum atomic E-state index is -0.209. The molecule has 0 aliphatic heterocycles. The molecule has 4 nitrogen and oxygen atoms in total. The number of methoxy groups -OCH3 is 1. The number of carbonyl (C=O) groups is 1. The number of thiophene rings is 1. The molecule has 0 spiro atoms. The predicted molar refractivity (Wildman–Crippen MR) is 75.8 cm³/mol. The van der Waals surface area contributed by atoms with E-state index in [2.05, 4.69) is 26.2 Å². The number of amides is 1. The summed E-state index contributed by atoms with van der Waals surface area (Å²) in [7, 11) is 1.56. The van der Waals surface area contributed by atoms with Crippen molar-refractivity contribution in [3.05, 3.63) is 38.2 Å². The van der Waals surface area contributed by atoms with Crippen LogP contribution < -0.4 is 10.1 Å². The van der Waals surface area contributed by atoms with E-state index in [1.807, 2.05) is 0 Å². The first-order chi connectivity index (χ1) is 8.60. The van der Waals surface area contributed by atoms with Crippen LogP contribution >= 0.6 is 38.9 Å². The van der Waals surface area contributed by atoms with Crippen molar-refractivity contribution in [1.82, 2.24) is 4.98 Å². The zero-order valence-corrected chi connectivity index (χ0v) is 12.4. The maximum absolute atomic E-state index is 11.9. The van der Waals surface area contributed by atoms with E-state index in [0.717, 1.165) is 0 Å². The summed E-state index contributed by atoms with van der Waals surface area (Å²) in [4.78, 5) is 16.4. The first kappa shape index (κ1) is 13.3. The molecule has 2 aromatic heterocycles. The van der Waals surface area contributed by atoms with E-state index in [0.29, 0.717) is 25.9 Å². The van der Waals surface area contributed by atoms with Crippen LogP contribution in [0.5, 0.6) is 5.75 Å². The van der Waals surface area contributed by atoms with Gasteiger partial charge in [-0.25, -0.2) is 4.98 Å². The van der Waals surface area contributed by atoms with Crippen LogP contribution in [0.25, 0.3) is 0 Å². The van der Waals surface area contributed by atoms with Gasteiger partial charge in [0.05, 0.1) is 28.3 Å². The minimum Gasteiger partial charge on any atom is -0.496 e. The minimum absolute atomic E-state index is 0.209. The maximum atomic E-state index is 11.9. The number of hydrogen-bond donors (Lipinski definition) is 1. The van der Waals surface area contributed by atoms with E-state index < -0.39 is 0 Å². The van der Waals surface area contributed by atoms with Gasteiger partial charge in [0.25, 0.3) is 5.91 Å². The second-order valence-electron chi connectivity index (χ2n) is 3.30. The average molecular weight is 348 g/mol. The van der Waals surface area contributed by atoms with Gasteiger partial charge in [-0.15, -0.1) is 11.3 Å². The SMILES string of the molecule is COc1csc(C(=O)Nc2cnc(Cl)c(Br)c2)c1. The molecule has 1 N–H and O–H groups in total. The highest BCUT2D eigenvalue weighted by Crippen LogP contribution is 2.25. The fourth-order valence-corrected chi connectivity index (χ4v) is 2.43. The maximum Gasteiger partial charge on any atom is 0.265 e. The lowest BCUT2D eigenvalue weighted by Gasteiger charge is -2.04. The number of nitrogens with zero attached hydrogens (tertiary/aromatic N) is 1. The van der Waals surface area contributed by atoms with E-state index in [-0.39, 0.29) is 5.91 Å². The average Bonchev–Trinajstić information content (AvgIpc) is 2.82. The molecule has 1 amide bonds. The van der Waals surface area contributed by atoms with Crippen molar-refractivity contribution in [2.45, 2.75) is 0 Å². The molecule has 18 heavy (non-hydrogen) atoms. The molecule has 0 aliphatic rings. The van der Waals surface area contributed by atoms with Gasteiger partial charge < -0.3 is 10.1 Å². The summed E-state index contributed by atoms with van der Waals surface area (Å²) in [6, 6.07) is 3.37. The Hall–Kier alpha value is -1.11. The molecule has 0 saturated heterocycles. The molecule has 0 aliphatic carbocycles. The molecular weight excluding hydrogens is 340 g/mol. The number of halogens is 2. The van der Waals surface area contributed by atoms with Crippen molar-refractivity contribution >= 4 is 50.5 Å². The van der Waals surface area contributed by atoms with Crippen LogP contribution in [0.3, 0.4) is 0 Å². The topological polar surface area (TPSA) is 51.2 Å². The Morgan fingerprint density at radius 2 is 2.33 bits per heavy atom. The summed E-state index contributed by atoms with van der Waals surface area (Å²) < 4.78 is 5.65. The Balaban J connectivity index is 2.13. The van der Waals surface area contributed by atoms with Gasteiger partial charge in [-0.2, -0.15) is 0 Å². The van der Waals surface area contributed by atoms with Crippen LogP contribution in [-0.2, 0) is 0 Å². The summed E-state index contributed by atoms with van der Waals surface area (Å²) in [6.45, 7) is 0. The highest BCUT2D eigenvalue weighted by atomic mass is 79.9. The molecule has 0 fully saturated rings. The van der Waals surface area contributed by atoms with Crippen molar-refractivity contribution in [2.24, 2.45) is 0 Å². The highest BCUT2D eigenvalue weighted by molar-refractivity contribution is 9.10. The summed E-state index contributed by atoms with van der Waals surface area (Å²) in [6.07, 6.45) is 1.50. The van der Waals surface area contributed by atoms with Crippen LogP contribution in [0.1, 0.15) is 9.67 Å². The van der Waals surface area contributed by atoms with Crippen molar-refractivity contribution in [1.29, 1.82) is 0 Å². The van der Waals surface area contributed by atoms with Gasteiger partial charge in [-0.05, 0) is 22.0 Å². The van der Waals surface area contributed by atoms with Gasteiger partial charge in [-0.3, -0.25) is 4.79 Å². The first-order valence-electron chi connectivity index (χ1n) is 4.85. The Kier molecular flexibility index (Phi) is 4.21. The molecule has 0 unspecified atom stereocenters. The number of rotatable bonds is 3. The molecule has 2 heterocycles. The van der Waals surface area contributed by atoms with Gasteiger partial charge in [0, 0.05) is 11.4 Å². The van der Waals surface area contributed by atoms with E-state index in [9.17, 15) is 4.79 Å². The summed E-state index contributed by atoms with van der Waals surface area (Å²) >= 11 is 10.3. The quantitative estimate of drug-likeness (QED) is 0.859. The predicted octanol–water partition coefficient (Wildman–Crippen LogP) is 3.82. The molecule has 0 atom stereocenters. The lowest BCUT2D eigenvalue weighted by molar-refractivity contribution is 0.103. The number of anilines is 1. The van der Waals surface area contributed by atoms with Gasteiger partial charge >= 0.3 is 0 Å². The number of pyridine rings is 1. The Morgan fingerprint density at radius 3 is 2.94 bits per heavy atom. The Bertz CT molecular complexity index is 588. The van der Waals surface area contributed by atoms with Crippen molar-refractivity contribution in [2.75, 3.05) is 12.4 Å². The highest BCUT2D eigenvalue weighted by Gasteiger charge is 2.10. The van der Waals surface area contributed by atoms with E-state index in [4.69, 9.17) is 16.3 Å². The van der Waals surface area contributed by atoms with Crippen molar-refractivity contribution in [3.8, 4) is 5.75 Å². The van der Waals surface area contributed by atoms with Crippen molar-refractivity contribution < 1.29 is 9.53 Å². The Labute approximate surface area is 121 Å². The van der Waals surface area contributed by atoms with E-state index in [1.54, 1.807) is 24.6 Å². The van der Waals surface area contributed by atoms with Crippen LogP contribution in [0.4, 0.5) is 5.69 Å². The molecule has 0 radical (unpaired) electrons. The normalized spacial score (nSPS) is 10.2. The number of aromatic nitrogens is 1. The third-order valence-corrected chi connectivity index (χ3v) is 4.13. The fourth-order valence-electron chi connectivity index (χ4n) is 1.23. The smallest absolute Gasteiger partial charge is 0.265 e. The lowest BCUT2D eigenvalue weighted by Crippen LogP contribution is -2.10. The summed E-state index contributed by atoms with van der Waals surface area (Å²) in [5, 5.41) is 4.85. The molecule has 2 rings (SSSR count).